The van der Waals surface area contributed by atoms with Gasteiger partial charge in [-0.1, -0.05) is 19.4 Å². The second-order valence-electron chi connectivity index (χ2n) is 3.69. The van der Waals surface area contributed by atoms with Gasteiger partial charge in [-0.2, -0.15) is 0 Å². The number of benzene rings is 1. The Hall–Kier alpha value is -2.04. The molecule has 5 heteroatoms. The molecule has 17 heavy (non-hydrogen) atoms. The molecule has 1 heterocycles. The van der Waals surface area contributed by atoms with Gasteiger partial charge in [0.15, 0.2) is 5.58 Å². The predicted octanol–water partition coefficient (Wildman–Crippen LogP) is 2.08. The maximum absolute atomic E-state index is 11.7. The molecule has 0 bridgehead atoms. The van der Waals surface area contributed by atoms with E-state index in [4.69, 9.17) is 9.15 Å². The molecule has 0 amide bonds. The van der Waals surface area contributed by atoms with Crippen LogP contribution in [0.1, 0.15) is 30.1 Å². The van der Waals surface area contributed by atoms with Crippen molar-refractivity contribution in [3.63, 3.8) is 0 Å². The lowest BCUT2D eigenvalue weighted by molar-refractivity contribution is 0.0501. The van der Waals surface area contributed by atoms with Crippen molar-refractivity contribution < 1.29 is 13.9 Å². The second kappa shape index (κ2) is 4.86. The Kier molecular flexibility index (Phi) is 3.27. The minimum absolute atomic E-state index is 0.249. The van der Waals surface area contributed by atoms with Crippen molar-refractivity contribution >= 4 is 17.1 Å². The van der Waals surface area contributed by atoms with Crippen LogP contribution in [0, 0.1) is 0 Å². The lowest BCUT2D eigenvalue weighted by Gasteiger charge is -2.03. The van der Waals surface area contributed by atoms with Crippen LogP contribution in [-0.4, -0.2) is 17.6 Å². The van der Waals surface area contributed by atoms with Crippen molar-refractivity contribution in [2.75, 3.05) is 6.61 Å². The fourth-order valence-electron chi connectivity index (χ4n) is 1.52. The maximum Gasteiger partial charge on any atom is 0.417 e. The van der Waals surface area contributed by atoms with Crippen LogP contribution in [0.4, 0.5) is 0 Å². The van der Waals surface area contributed by atoms with E-state index < -0.39 is 11.7 Å². The summed E-state index contributed by atoms with van der Waals surface area (Å²) < 4.78 is 9.99. The molecule has 0 spiro atoms. The third kappa shape index (κ3) is 2.38. The first-order valence-electron chi connectivity index (χ1n) is 5.51. The van der Waals surface area contributed by atoms with E-state index >= 15 is 0 Å². The number of carbonyl (C=O) groups excluding carboxylic acids is 1. The van der Waals surface area contributed by atoms with Crippen molar-refractivity contribution in [2.45, 2.75) is 19.8 Å². The molecule has 1 N–H and O–H groups in total. The summed E-state index contributed by atoms with van der Waals surface area (Å²) in [5.74, 6) is -1.04. The molecule has 1 aromatic heterocycles. The number of H-pyrrole nitrogens is 1. The van der Waals surface area contributed by atoms with Gasteiger partial charge in [0.1, 0.15) is 5.56 Å². The first-order valence-corrected chi connectivity index (χ1v) is 5.51. The molecule has 0 atom stereocenters. The number of carbonyl (C=O) groups is 1. The zero-order chi connectivity index (χ0) is 12.3. The van der Waals surface area contributed by atoms with Gasteiger partial charge in [-0.15, -0.1) is 0 Å². The van der Waals surface area contributed by atoms with Crippen LogP contribution in [0.5, 0.6) is 0 Å². The largest absolute Gasteiger partial charge is 0.462 e. The molecule has 0 aliphatic heterocycles. The molecule has 0 saturated carbocycles. The van der Waals surface area contributed by atoms with Crippen LogP contribution in [0.25, 0.3) is 11.1 Å². The zero-order valence-corrected chi connectivity index (χ0v) is 9.49. The topological polar surface area (TPSA) is 72.3 Å². The van der Waals surface area contributed by atoms with E-state index in [0.717, 1.165) is 12.8 Å². The second-order valence-corrected chi connectivity index (χ2v) is 3.69. The summed E-state index contributed by atoms with van der Waals surface area (Å²) in [6.45, 7) is 2.39. The van der Waals surface area contributed by atoms with Gasteiger partial charge >= 0.3 is 11.7 Å². The quantitative estimate of drug-likeness (QED) is 0.650. The number of nitrogens with one attached hydrogen (secondary N) is 1. The van der Waals surface area contributed by atoms with E-state index in [0.29, 0.717) is 12.1 Å². The van der Waals surface area contributed by atoms with Gasteiger partial charge in [0.2, 0.25) is 0 Å². The van der Waals surface area contributed by atoms with E-state index in [1.54, 1.807) is 18.2 Å². The third-order valence-electron chi connectivity index (χ3n) is 2.40. The van der Waals surface area contributed by atoms with Crippen LogP contribution in [0.3, 0.4) is 0 Å². The van der Waals surface area contributed by atoms with Crippen molar-refractivity contribution in [1.29, 1.82) is 0 Å². The number of fused-ring (bicyclic) bond motifs is 1. The highest BCUT2D eigenvalue weighted by Crippen LogP contribution is 2.16. The van der Waals surface area contributed by atoms with Crippen LogP contribution in [0.2, 0.25) is 0 Å². The monoisotopic (exact) mass is 235 g/mol. The minimum Gasteiger partial charge on any atom is -0.462 e. The summed E-state index contributed by atoms with van der Waals surface area (Å²) in [5, 5.41) is 0. The molecule has 0 unspecified atom stereocenters. The highest BCUT2D eigenvalue weighted by molar-refractivity contribution is 6.00. The number of ether oxygens (including phenoxy) is 1. The van der Waals surface area contributed by atoms with E-state index in [1.165, 1.54) is 0 Å². The number of unbranched alkanes of at least 4 members (excludes halogenated alkanes) is 1. The lowest BCUT2D eigenvalue weighted by Crippen LogP contribution is -2.06. The molecule has 0 fully saturated rings. The SMILES string of the molecule is CCCCOC(=O)c1cccc2[nH]c(=O)oc12. The van der Waals surface area contributed by atoms with Gasteiger partial charge in [0.25, 0.3) is 0 Å². The number of aromatic nitrogens is 1. The van der Waals surface area contributed by atoms with Gasteiger partial charge in [0.05, 0.1) is 12.1 Å². The van der Waals surface area contributed by atoms with Gasteiger partial charge < -0.3 is 9.15 Å². The standard InChI is InChI=1S/C12H13NO4/c1-2-3-7-16-11(14)8-5-4-6-9-10(8)17-12(15)13-9/h4-6H,2-3,7H2,1H3,(H,13,15). The Morgan fingerprint density at radius 2 is 2.29 bits per heavy atom. The molecule has 0 aliphatic rings. The van der Waals surface area contributed by atoms with Crippen molar-refractivity contribution in [3.05, 3.63) is 34.3 Å². The van der Waals surface area contributed by atoms with Crippen molar-refractivity contribution in [1.82, 2.24) is 4.98 Å². The van der Waals surface area contributed by atoms with Crippen LogP contribution < -0.4 is 5.76 Å². The summed E-state index contributed by atoms with van der Waals surface area (Å²) in [6, 6.07) is 4.92. The predicted molar refractivity (Wildman–Crippen MR) is 62.0 cm³/mol. The van der Waals surface area contributed by atoms with Crippen LogP contribution in [0.15, 0.2) is 27.4 Å². The van der Waals surface area contributed by atoms with E-state index in [1.807, 2.05) is 6.92 Å². The molecule has 0 aliphatic carbocycles. The first-order chi connectivity index (χ1) is 8.22. The van der Waals surface area contributed by atoms with Gasteiger partial charge in [0, 0.05) is 0 Å². The molecule has 90 valence electrons. The molecule has 1 aromatic carbocycles. The Bertz CT molecular complexity index is 581. The van der Waals surface area contributed by atoms with Crippen molar-refractivity contribution in [3.8, 4) is 0 Å². The Labute approximate surface area is 97.4 Å². The molecule has 0 radical (unpaired) electrons. The lowest BCUT2D eigenvalue weighted by atomic mass is 10.2. The number of para-hydroxylation sites is 1. The average molecular weight is 235 g/mol. The zero-order valence-electron chi connectivity index (χ0n) is 9.49. The Balaban J connectivity index is 2.28. The Morgan fingerprint density at radius 1 is 1.47 bits per heavy atom. The molecule has 5 nitrogen and oxygen atoms in total. The van der Waals surface area contributed by atoms with Crippen LogP contribution >= 0.6 is 0 Å². The molecule has 2 aromatic rings. The maximum atomic E-state index is 11.7. The number of hydrogen-bond acceptors (Lipinski definition) is 4. The Morgan fingerprint density at radius 3 is 3.06 bits per heavy atom. The minimum atomic E-state index is -0.575. The summed E-state index contributed by atoms with van der Waals surface area (Å²) in [6.07, 6.45) is 1.77. The summed E-state index contributed by atoms with van der Waals surface area (Å²) in [4.78, 5) is 25.3. The number of aromatic amines is 1. The summed E-state index contributed by atoms with van der Waals surface area (Å²) >= 11 is 0. The fraction of sp³-hybridized carbons (Fsp3) is 0.333. The number of esters is 1. The molecule has 0 saturated heterocycles. The highest BCUT2D eigenvalue weighted by atomic mass is 16.5. The molecular formula is C12H13NO4. The summed E-state index contributed by atoms with van der Waals surface area (Å²) in [7, 11) is 0. The smallest absolute Gasteiger partial charge is 0.417 e. The number of rotatable bonds is 4. The van der Waals surface area contributed by atoms with E-state index in [-0.39, 0.29) is 11.1 Å². The molecule has 2 rings (SSSR count). The fourth-order valence-corrected chi connectivity index (χ4v) is 1.52. The van der Waals surface area contributed by atoms with Gasteiger partial charge in [-0.25, -0.2) is 9.59 Å². The normalized spacial score (nSPS) is 10.6. The number of hydrogen-bond donors (Lipinski definition) is 1. The molecular weight excluding hydrogens is 222 g/mol. The number of oxazole rings is 1. The van der Waals surface area contributed by atoms with E-state index in [2.05, 4.69) is 4.98 Å². The highest BCUT2D eigenvalue weighted by Gasteiger charge is 2.14. The van der Waals surface area contributed by atoms with Crippen molar-refractivity contribution in [2.24, 2.45) is 0 Å². The van der Waals surface area contributed by atoms with Gasteiger partial charge in [-0.3, -0.25) is 4.98 Å². The summed E-state index contributed by atoms with van der Waals surface area (Å²) in [5.41, 5.74) is 1.02. The third-order valence-corrected chi connectivity index (χ3v) is 2.40. The first kappa shape index (κ1) is 11.4. The average Bonchev–Trinajstić information content (AvgIpc) is 2.69. The van der Waals surface area contributed by atoms with E-state index in [9.17, 15) is 9.59 Å². The van der Waals surface area contributed by atoms with Gasteiger partial charge in [-0.05, 0) is 18.6 Å². The van der Waals surface area contributed by atoms with Crippen LogP contribution in [-0.2, 0) is 4.74 Å².